The minimum atomic E-state index is -4.92. The Labute approximate surface area is 236 Å². The molecule has 0 bridgehead atoms. The number of hydrogen-bond donors (Lipinski definition) is 5. The van der Waals surface area contributed by atoms with Crippen molar-refractivity contribution < 1.29 is 32.2 Å². The number of nitrogens with one attached hydrogen (secondary N) is 2. The number of methoxy groups -OCH3 is 1. The van der Waals surface area contributed by atoms with Crippen molar-refractivity contribution in [2.75, 3.05) is 30.5 Å². The molecule has 1 amide bonds. The van der Waals surface area contributed by atoms with E-state index in [2.05, 4.69) is 30.6 Å². The van der Waals surface area contributed by atoms with E-state index in [9.17, 15) is 9.90 Å². The molecular formula is C23H31ClN8O7S. The second-order valence-electron chi connectivity index (χ2n) is 8.20. The zero-order valence-electron chi connectivity index (χ0n) is 21.8. The summed E-state index contributed by atoms with van der Waals surface area (Å²) in [5.41, 5.74) is 1.18. The predicted octanol–water partition coefficient (Wildman–Crippen LogP) is 1.81. The van der Waals surface area contributed by atoms with Crippen LogP contribution in [0.15, 0.2) is 42.9 Å². The Morgan fingerprint density at radius 1 is 1.25 bits per heavy atom. The van der Waals surface area contributed by atoms with Gasteiger partial charge < -0.3 is 36.1 Å². The van der Waals surface area contributed by atoms with Crippen molar-refractivity contribution in [2.45, 2.75) is 32.0 Å². The fraction of sp³-hybridized carbons (Fsp3) is 0.348. The van der Waals surface area contributed by atoms with E-state index in [1.807, 2.05) is 11.0 Å². The summed E-state index contributed by atoms with van der Waals surface area (Å²) in [6, 6.07) is 7.14. The summed E-state index contributed by atoms with van der Waals surface area (Å²) in [4.78, 5) is 32.2. The quantitative estimate of drug-likeness (QED) is 0.174. The molecule has 40 heavy (non-hydrogen) atoms. The van der Waals surface area contributed by atoms with Crippen LogP contribution in [-0.4, -0.2) is 74.8 Å². The van der Waals surface area contributed by atoms with E-state index in [1.165, 1.54) is 6.20 Å². The maximum absolute atomic E-state index is 13.0. The summed E-state index contributed by atoms with van der Waals surface area (Å²) in [6.07, 6.45) is 6.55. The van der Waals surface area contributed by atoms with Crippen molar-refractivity contribution in [1.82, 2.24) is 31.4 Å². The highest BCUT2D eigenvalue weighted by Crippen LogP contribution is 2.27. The van der Waals surface area contributed by atoms with Crippen LogP contribution in [0.5, 0.6) is 5.75 Å². The molecule has 1 atom stereocenters. The van der Waals surface area contributed by atoms with Gasteiger partial charge in [0, 0.05) is 31.7 Å². The average molecular weight is 599 g/mol. The topological polar surface area (TPSA) is 239 Å². The lowest BCUT2D eigenvalue weighted by Crippen LogP contribution is -2.34. The predicted molar refractivity (Wildman–Crippen MR) is 146 cm³/mol. The van der Waals surface area contributed by atoms with Gasteiger partial charge in [-0.15, -0.1) is 0 Å². The van der Waals surface area contributed by atoms with Crippen molar-refractivity contribution in [1.29, 1.82) is 0 Å². The third-order valence-electron chi connectivity index (χ3n) is 5.57. The fourth-order valence-electron chi connectivity index (χ4n) is 3.78. The fourth-order valence-corrected chi connectivity index (χ4v) is 4.06. The Morgan fingerprint density at radius 2 is 1.95 bits per heavy atom. The molecule has 4 rings (SSSR count). The molecule has 218 valence electrons. The molecule has 1 aliphatic heterocycles. The first-order valence-corrected chi connectivity index (χ1v) is 13.4. The molecule has 1 aromatic carbocycles. The number of benzene rings is 1. The van der Waals surface area contributed by atoms with Crippen molar-refractivity contribution in [3.8, 4) is 5.75 Å². The Balaban J connectivity index is 0.000000858. The molecule has 3 aromatic rings. The van der Waals surface area contributed by atoms with E-state index < -0.39 is 10.4 Å². The number of ether oxygens (including phenoxy) is 1. The number of nitrogens with zero attached hydrogens (tertiary/aromatic N) is 5. The minimum Gasteiger partial charge on any atom is -0.726 e. The largest absolute Gasteiger partial charge is 0.726 e. The highest BCUT2D eigenvalue weighted by Gasteiger charge is 2.27. The maximum Gasteiger partial charge on any atom is 0.256 e. The van der Waals surface area contributed by atoms with Gasteiger partial charge in [0.2, 0.25) is 16.3 Å². The lowest BCUT2D eigenvalue weighted by molar-refractivity contribution is 0.0950. The van der Waals surface area contributed by atoms with Crippen molar-refractivity contribution in [3.63, 3.8) is 0 Å². The summed E-state index contributed by atoms with van der Waals surface area (Å²) in [5, 5.41) is 16.2. The van der Waals surface area contributed by atoms with E-state index in [1.54, 1.807) is 37.7 Å². The Hall–Kier alpha value is -3.67. The van der Waals surface area contributed by atoms with E-state index in [0.717, 1.165) is 24.9 Å². The molecule has 17 heteroatoms. The number of aliphatic hydroxyl groups excluding tert-OH is 1. The first-order chi connectivity index (χ1) is 18.6. The molecule has 1 fully saturated rings. The maximum atomic E-state index is 13.0. The van der Waals surface area contributed by atoms with Gasteiger partial charge in [-0.05, 0) is 36.6 Å². The summed E-state index contributed by atoms with van der Waals surface area (Å²) >= 11 is 6.25. The van der Waals surface area contributed by atoms with Crippen LogP contribution in [-0.2, 0) is 23.5 Å². The van der Waals surface area contributed by atoms with Crippen LogP contribution in [0.2, 0.25) is 5.02 Å². The Morgan fingerprint density at radius 3 is 2.58 bits per heavy atom. The zero-order valence-corrected chi connectivity index (χ0v) is 23.4. The number of aromatic nitrogens is 4. The van der Waals surface area contributed by atoms with Crippen LogP contribution in [0.3, 0.4) is 0 Å². The van der Waals surface area contributed by atoms with Crippen LogP contribution in [0.25, 0.3) is 0 Å². The van der Waals surface area contributed by atoms with Gasteiger partial charge in [0.25, 0.3) is 5.91 Å². The molecule has 15 nitrogen and oxygen atoms in total. The number of hydrogen-bond acceptors (Lipinski definition) is 12. The van der Waals surface area contributed by atoms with Crippen molar-refractivity contribution in [3.05, 3.63) is 64.8 Å². The van der Waals surface area contributed by atoms with Crippen molar-refractivity contribution >= 4 is 39.7 Å². The van der Waals surface area contributed by atoms with E-state index in [-0.39, 0.29) is 31.3 Å². The first-order valence-electron chi connectivity index (χ1n) is 11.6. The van der Waals surface area contributed by atoms with Gasteiger partial charge in [-0.2, -0.15) is 4.98 Å². The number of rotatable bonds is 9. The third kappa shape index (κ3) is 9.82. The Bertz CT molecular complexity index is 1360. The molecule has 1 saturated heterocycles. The zero-order chi connectivity index (χ0) is 28.4. The number of quaternary nitrogens is 1. The van der Waals surface area contributed by atoms with Gasteiger partial charge in [0.1, 0.15) is 23.0 Å². The molecule has 0 saturated carbocycles. The molecular weight excluding hydrogens is 568 g/mol. The molecule has 2 aromatic heterocycles. The average Bonchev–Trinajstić information content (AvgIpc) is 3.39. The molecule has 8 N–H and O–H groups in total. The molecule has 0 radical (unpaired) electrons. The minimum absolute atomic E-state index is 0. The van der Waals surface area contributed by atoms with E-state index >= 15 is 0 Å². The number of amides is 1. The molecule has 0 spiro atoms. The van der Waals surface area contributed by atoms with Gasteiger partial charge in [0.15, 0.2) is 0 Å². The highest BCUT2D eigenvalue weighted by molar-refractivity contribution is 7.79. The van der Waals surface area contributed by atoms with Crippen LogP contribution in [0.4, 0.5) is 11.8 Å². The monoisotopic (exact) mass is 598 g/mol. The number of carbonyl (C=O) groups excluding carboxylic acids is 1. The van der Waals surface area contributed by atoms with Gasteiger partial charge in [-0.1, -0.05) is 17.7 Å². The van der Waals surface area contributed by atoms with Crippen LogP contribution in [0, 0.1) is 0 Å². The highest BCUT2D eigenvalue weighted by atomic mass is 35.5. The summed E-state index contributed by atoms with van der Waals surface area (Å²) in [6.45, 7) is 1.32. The summed E-state index contributed by atoms with van der Waals surface area (Å²) in [7, 11) is -3.36. The standard InChI is InChI=1S/C23H26ClN7O3.H3N.H2O4S/c1-34-19-6-5-15(10-18(19)24)11-27-21-17(22(33)28-13-20-25-7-3-8-26-20)12-29-23(30-21)31-9-2-4-16(31)14-32;;1-5(2,3)4/h3,5-8,10,12,16,32H,2,4,9,11,13-14H2,1H3,(H,28,33)(H,27,29,30);1H3;(H2,1,2,3,4). The van der Waals surface area contributed by atoms with Gasteiger partial charge in [-0.3, -0.25) is 9.35 Å². The van der Waals surface area contributed by atoms with Crippen molar-refractivity contribution in [2.24, 2.45) is 0 Å². The van der Waals surface area contributed by atoms with E-state index in [0.29, 0.717) is 40.5 Å². The second kappa shape index (κ2) is 15.2. The molecule has 0 aliphatic carbocycles. The lowest BCUT2D eigenvalue weighted by Gasteiger charge is -2.24. The SMILES string of the molecule is COc1ccc(CNc2nc(N3CCCC3CO)ncc2C(=O)NCc2ncccn2)cc1Cl.O=S(=O)([O-])O.[NH4+]. The molecule has 3 heterocycles. The summed E-state index contributed by atoms with van der Waals surface area (Å²) < 4.78 is 38.0. The normalized spacial score (nSPS) is 14.4. The molecule has 1 unspecified atom stereocenters. The van der Waals surface area contributed by atoms with Crippen LogP contribution in [0.1, 0.15) is 34.6 Å². The number of anilines is 2. The third-order valence-corrected chi connectivity index (χ3v) is 5.86. The van der Waals surface area contributed by atoms with Crippen LogP contribution >= 0.6 is 11.6 Å². The number of carbonyl (C=O) groups is 1. The number of halogens is 1. The van der Waals surface area contributed by atoms with Crippen LogP contribution < -0.4 is 26.4 Å². The molecule has 1 aliphatic rings. The Kier molecular flexibility index (Phi) is 12.4. The lowest BCUT2D eigenvalue weighted by atomic mass is 10.2. The van der Waals surface area contributed by atoms with Gasteiger partial charge in [-0.25, -0.2) is 23.4 Å². The smallest absolute Gasteiger partial charge is 0.256 e. The van der Waals surface area contributed by atoms with Gasteiger partial charge >= 0.3 is 0 Å². The van der Waals surface area contributed by atoms with Gasteiger partial charge in [0.05, 0.1) is 31.3 Å². The first kappa shape index (κ1) is 32.5. The van der Waals surface area contributed by atoms with E-state index in [4.69, 9.17) is 33.9 Å². The second-order valence-corrected chi connectivity index (χ2v) is 9.46. The summed E-state index contributed by atoms with van der Waals surface area (Å²) in [5.74, 6) is 1.58. The number of aliphatic hydroxyl groups is 1.